The fraction of sp³-hybridized carbons (Fsp3) is 0.667. The molecule has 1 aliphatic rings. The Hall–Kier alpha value is -0.930. The lowest BCUT2D eigenvalue weighted by atomic mass is 9.91. The van der Waals surface area contributed by atoms with Gasteiger partial charge in [-0.05, 0) is 49.9 Å². The molecule has 2 rings (SSSR count). The highest BCUT2D eigenvalue weighted by molar-refractivity contribution is 5.26. The predicted molar refractivity (Wildman–Crippen MR) is 86.9 cm³/mol. The molecule has 2 atom stereocenters. The predicted octanol–water partition coefficient (Wildman–Crippen LogP) is 3.88. The number of hydrogen-bond acceptors (Lipinski definition) is 2. The van der Waals surface area contributed by atoms with Gasteiger partial charge in [0.05, 0.1) is 0 Å². The van der Waals surface area contributed by atoms with E-state index in [0.717, 1.165) is 31.6 Å². The van der Waals surface area contributed by atoms with Crippen LogP contribution in [0.15, 0.2) is 18.2 Å². The Morgan fingerprint density at radius 1 is 1.38 bits per heavy atom. The summed E-state index contributed by atoms with van der Waals surface area (Å²) in [5.74, 6) is -0.139. The van der Waals surface area contributed by atoms with Crippen molar-refractivity contribution in [1.29, 1.82) is 0 Å². The summed E-state index contributed by atoms with van der Waals surface area (Å²) in [5.41, 5.74) is 2.50. The second-order valence-electron chi connectivity index (χ2n) is 6.71. The van der Waals surface area contributed by atoms with Gasteiger partial charge in [-0.3, -0.25) is 4.90 Å². The molecule has 2 nitrogen and oxygen atoms in total. The second kappa shape index (κ2) is 6.89. The van der Waals surface area contributed by atoms with Crippen molar-refractivity contribution in [2.24, 2.45) is 0 Å². The Morgan fingerprint density at radius 3 is 2.76 bits per heavy atom. The van der Waals surface area contributed by atoms with E-state index in [1.54, 1.807) is 12.1 Å². The molecule has 0 bridgehead atoms. The topological polar surface area (TPSA) is 15.3 Å². The first-order valence-electron chi connectivity index (χ1n) is 8.21. The maximum Gasteiger partial charge on any atom is 0.123 e. The molecule has 0 saturated carbocycles. The maximum atomic E-state index is 13.3. The average Bonchev–Trinajstić information content (AvgIpc) is 2.45. The van der Waals surface area contributed by atoms with E-state index in [9.17, 15) is 4.39 Å². The van der Waals surface area contributed by atoms with Gasteiger partial charge in [-0.2, -0.15) is 0 Å². The van der Waals surface area contributed by atoms with Crippen LogP contribution in [0.1, 0.15) is 51.2 Å². The lowest BCUT2D eigenvalue weighted by Crippen LogP contribution is -2.62. The van der Waals surface area contributed by atoms with E-state index in [0.29, 0.717) is 6.04 Å². The normalized spacial score (nSPS) is 27.0. The van der Waals surface area contributed by atoms with E-state index in [1.165, 1.54) is 18.4 Å². The largest absolute Gasteiger partial charge is 0.309 e. The zero-order valence-corrected chi connectivity index (χ0v) is 13.9. The molecule has 0 radical (unpaired) electrons. The van der Waals surface area contributed by atoms with Crippen LogP contribution in [0.5, 0.6) is 0 Å². The summed E-state index contributed by atoms with van der Waals surface area (Å²) < 4.78 is 13.3. The van der Waals surface area contributed by atoms with E-state index >= 15 is 0 Å². The van der Waals surface area contributed by atoms with E-state index in [2.05, 4.69) is 31.0 Å². The summed E-state index contributed by atoms with van der Waals surface area (Å²) >= 11 is 0. The average molecular weight is 292 g/mol. The van der Waals surface area contributed by atoms with Crippen molar-refractivity contribution in [2.75, 3.05) is 13.1 Å². The number of nitrogens with one attached hydrogen (secondary N) is 1. The lowest BCUT2D eigenvalue weighted by Gasteiger charge is -2.46. The fourth-order valence-electron chi connectivity index (χ4n) is 3.22. The maximum absolute atomic E-state index is 13.3. The van der Waals surface area contributed by atoms with Crippen molar-refractivity contribution < 1.29 is 4.39 Å². The van der Waals surface area contributed by atoms with Crippen LogP contribution in [-0.2, 0) is 6.54 Å². The summed E-state index contributed by atoms with van der Waals surface area (Å²) in [5, 5.41) is 3.72. The van der Waals surface area contributed by atoms with Gasteiger partial charge in [0, 0.05) is 31.2 Å². The Balaban J connectivity index is 2.15. The zero-order chi connectivity index (χ0) is 15.5. The van der Waals surface area contributed by atoms with Crippen molar-refractivity contribution in [2.45, 2.75) is 65.1 Å². The Bertz CT molecular complexity index is 474. The van der Waals surface area contributed by atoms with Crippen molar-refractivity contribution in [3.8, 4) is 0 Å². The molecular weight excluding hydrogens is 263 g/mol. The van der Waals surface area contributed by atoms with Crippen LogP contribution in [0.3, 0.4) is 0 Å². The Kier molecular flexibility index (Phi) is 5.39. The highest BCUT2D eigenvalue weighted by atomic mass is 19.1. The molecule has 21 heavy (non-hydrogen) atoms. The first-order valence-corrected chi connectivity index (χ1v) is 8.21. The lowest BCUT2D eigenvalue weighted by molar-refractivity contribution is 0.0724. The molecule has 0 amide bonds. The molecule has 1 aromatic carbocycles. The van der Waals surface area contributed by atoms with Crippen molar-refractivity contribution >= 4 is 0 Å². The molecule has 3 heteroatoms. The van der Waals surface area contributed by atoms with Crippen LogP contribution in [0, 0.1) is 12.7 Å². The van der Waals surface area contributed by atoms with Gasteiger partial charge in [0.15, 0.2) is 0 Å². The van der Waals surface area contributed by atoms with Gasteiger partial charge in [-0.25, -0.2) is 4.39 Å². The molecule has 0 aliphatic carbocycles. The van der Waals surface area contributed by atoms with Crippen molar-refractivity contribution in [3.05, 3.63) is 35.1 Å². The van der Waals surface area contributed by atoms with E-state index in [-0.39, 0.29) is 11.4 Å². The van der Waals surface area contributed by atoms with Crippen LogP contribution >= 0.6 is 0 Å². The number of benzene rings is 1. The van der Waals surface area contributed by atoms with Crippen LogP contribution in [0.25, 0.3) is 0 Å². The smallest absolute Gasteiger partial charge is 0.123 e. The van der Waals surface area contributed by atoms with Crippen LogP contribution in [0.4, 0.5) is 4.39 Å². The van der Waals surface area contributed by atoms with Gasteiger partial charge in [0.2, 0.25) is 0 Å². The van der Waals surface area contributed by atoms with Crippen LogP contribution in [0.2, 0.25) is 0 Å². The number of halogens is 1. The van der Waals surface area contributed by atoms with Gasteiger partial charge < -0.3 is 5.32 Å². The third-order valence-electron chi connectivity index (χ3n) is 4.91. The van der Waals surface area contributed by atoms with Gasteiger partial charge in [-0.1, -0.05) is 26.3 Å². The summed E-state index contributed by atoms with van der Waals surface area (Å²) in [6.45, 7) is 11.8. The number of hydrogen-bond donors (Lipinski definition) is 1. The third-order valence-corrected chi connectivity index (χ3v) is 4.91. The first-order chi connectivity index (χ1) is 9.97. The monoisotopic (exact) mass is 292 g/mol. The molecule has 1 aromatic rings. The van der Waals surface area contributed by atoms with Crippen LogP contribution in [-0.4, -0.2) is 29.6 Å². The van der Waals surface area contributed by atoms with Crippen LogP contribution < -0.4 is 5.32 Å². The number of aryl methyl sites for hydroxylation is 1. The first kappa shape index (κ1) is 16.4. The van der Waals surface area contributed by atoms with E-state index in [1.807, 2.05) is 13.0 Å². The molecule has 2 unspecified atom stereocenters. The summed E-state index contributed by atoms with van der Waals surface area (Å²) in [6, 6.07) is 5.75. The zero-order valence-electron chi connectivity index (χ0n) is 13.9. The van der Waals surface area contributed by atoms with Gasteiger partial charge in [0.1, 0.15) is 5.82 Å². The molecule has 1 aliphatic heterocycles. The SMILES string of the molecule is CCCC1CNC(C)(CC)CN1Cc1ccc(F)cc1C. The fourth-order valence-corrected chi connectivity index (χ4v) is 3.22. The van der Waals surface area contributed by atoms with E-state index in [4.69, 9.17) is 0 Å². The third kappa shape index (κ3) is 4.04. The van der Waals surface area contributed by atoms with E-state index < -0.39 is 0 Å². The minimum atomic E-state index is -0.139. The van der Waals surface area contributed by atoms with Crippen molar-refractivity contribution in [1.82, 2.24) is 10.2 Å². The van der Waals surface area contributed by atoms with Crippen molar-refractivity contribution in [3.63, 3.8) is 0 Å². The molecule has 0 aromatic heterocycles. The molecule has 1 N–H and O–H groups in total. The highest BCUT2D eigenvalue weighted by Gasteiger charge is 2.34. The molecule has 118 valence electrons. The summed E-state index contributed by atoms with van der Waals surface area (Å²) in [7, 11) is 0. The molecule has 1 saturated heterocycles. The standard InChI is InChI=1S/C18H29FN2/c1-5-7-17-11-20-18(4,6-2)13-21(17)12-15-8-9-16(19)10-14(15)3/h8-10,17,20H,5-7,11-13H2,1-4H3. The highest BCUT2D eigenvalue weighted by Crippen LogP contribution is 2.24. The minimum Gasteiger partial charge on any atom is -0.309 e. The quantitative estimate of drug-likeness (QED) is 0.886. The Morgan fingerprint density at radius 2 is 2.14 bits per heavy atom. The number of nitrogens with zero attached hydrogens (tertiary/aromatic N) is 1. The number of rotatable bonds is 5. The van der Waals surface area contributed by atoms with Gasteiger partial charge >= 0.3 is 0 Å². The molecular formula is C18H29FN2. The summed E-state index contributed by atoms with van der Waals surface area (Å²) in [4.78, 5) is 2.59. The molecule has 1 fully saturated rings. The minimum absolute atomic E-state index is 0.139. The molecule has 1 heterocycles. The van der Waals surface area contributed by atoms with Gasteiger partial charge in [0.25, 0.3) is 0 Å². The van der Waals surface area contributed by atoms with Gasteiger partial charge in [-0.15, -0.1) is 0 Å². The summed E-state index contributed by atoms with van der Waals surface area (Å²) in [6.07, 6.45) is 3.55. The Labute approximate surface area is 128 Å². The molecule has 0 spiro atoms. The number of piperazine rings is 1. The second-order valence-corrected chi connectivity index (χ2v) is 6.71.